The third-order valence-electron chi connectivity index (χ3n) is 3.37. The van der Waals surface area contributed by atoms with Gasteiger partial charge in [-0.05, 0) is 48.3 Å². The van der Waals surface area contributed by atoms with Crippen molar-refractivity contribution in [1.82, 2.24) is 0 Å². The number of benzene rings is 1. The number of nitrogens with two attached hydrogens (primary N) is 1. The van der Waals surface area contributed by atoms with Gasteiger partial charge in [-0.2, -0.15) is 0 Å². The molecule has 2 aliphatic rings. The smallest absolute Gasteiger partial charge is 0.0300 e. The third-order valence-corrected chi connectivity index (χ3v) is 3.37. The van der Waals surface area contributed by atoms with Crippen molar-refractivity contribution >= 4 is 0 Å². The van der Waals surface area contributed by atoms with Crippen molar-refractivity contribution in [3.63, 3.8) is 0 Å². The lowest BCUT2D eigenvalue weighted by molar-refractivity contribution is 0.713. The molecule has 1 aromatic rings. The Morgan fingerprint density at radius 3 is 2.62 bits per heavy atom. The first-order valence-corrected chi connectivity index (χ1v) is 5.23. The van der Waals surface area contributed by atoms with E-state index in [1.807, 2.05) is 0 Å². The van der Waals surface area contributed by atoms with E-state index in [1.54, 1.807) is 11.1 Å². The van der Waals surface area contributed by atoms with Crippen LogP contribution in [-0.4, -0.2) is 0 Å². The monoisotopic (exact) mass is 173 g/mol. The molecule has 1 heteroatoms. The van der Waals surface area contributed by atoms with Gasteiger partial charge >= 0.3 is 0 Å². The summed E-state index contributed by atoms with van der Waals surface area (Å²) in [6, 6.07) is 7.00. The van der Waals surface area contributed by atoms with E-state index >= 15 is 0 Å². The molecular formula is C12H15N. The minimum atomic E-state index is 0.314. The molecule has 1 aromatic carbocycles. The van der Waals surface area contributed by atoms with E-state index in [0.29, 0.717) is 6.04 Å². The Morgan fingerprint density at radius 1 is 1.08 bits per heavy atom. The fourth-order valence-electron chi connectivity index (χ4n) is 2.49. The number of rotatable bonds is 1. The Hall–Kier alpha value is -0.820. The van der Waals surface area contributed by atoms with Gasteiger partial charge in [-0.1, -0.05) is 18.2 Å². The van der Waals surface area contributed by atoms with Crippen LogP contribution < -0.4 is 5.73 Å². The average Bonchev–Trinajstić information content (AvgIpc) is 2.92. The largest absolute Gasteiger partial charge is 0.324 e. The minimum absolute atomic E-state index is 0.314. The van der Waals surface area contributed by atoms with Crippen LogP contribution in [0.5, 0.6) is 0 Å². The first kappa shape index (κ1) is 7.57. The van der Waals surface area contributed by atoms with Crippen LogP contribution in [0.1, 0.15) is 47.9 Å². The Kier molecular flexibility index (Phi) is 1.50. The van der Waals surface area contributed by atoms with Crippen molar-refractivity contribution in [2.24, 2.45) is 5.73 Å². The summed E-state index contributed by atoms with van der Waals surface area (Å²) in [5.74, 6) is 0.875. The summed E-state index contributed by atoms with van der Waals surface area (Å²) >= 11 is 0. The van der Waals surface area contributed by atoms with Crippen LogP contribution in [-0.2, 0) is 6.42 Å². The van der Waals surface area contributed by atoms with E-state index in [4.69, 9.17) is 5.73 Å². The van der Waals surface area contributed by atoms with Crippen LogP contribution in [0.15, 0.2) is 18.2 Å². The van der Waals surface area contributed by atoms with E-state index in [9.17, 15) is 0 Å². The molecule has 3 rings (SSSR count). The maximum Gasteiger partial charge on any atom is 0.0300 e. The molecule has 0 bridgehead atoms. The van der Waals surface area contributed by atoms with Gasteiger partial charge in [0, 0.05) is 6.04 Å². The Bertz CT molecular complexity index is 339. The van der Waals surface area contributed by atoms with Crippen LogP contribution in [0, 0.1) is 0 Å². The first-order valence-electron chi connectivity index (χ1n) is 5.23. The van der Waals surface area contributed by atoms with Crippen molar-refractivity contribution in [3.8, 4) is 0 Å². The Labute approximate surface area is 78.9 Å². The van der Waals surface area contributed by atoms with Gasteiger partial charge in [-0.15, -0.1) is 0 Å². The van der Waals surface area contributed by atoms with Gasteiger partial charge in [0.1, 0.15) is 0 Å². The lowest BCUT2D eigenvalue weighted by Gasteiger charge is -2.08. The zero-order chi connectivity index (χ0) is 8.84. The summed E-state index contributed by atoms with van der Waals surface area (Å²) in [6.45, 7) is 0. The number of fused-ring (bicyclic) bond motifs is 1. The predicted molar refractivity (Wildman–Crippen MR) is 53.7 cm³/mol. The molecule has 0 aliphatic heterocycles. The lowest BCUT2D eigenvalue weighted by Crippen LogP contribution is -2.05. The van der Waals surface area contributed by atoms with Crippen molar-refractivity contribution in [2.75, 3.05) is 0 Å². The zero-order valence-electron chi connectivity index (χ0n) is 7.79. The van der Waals surface area contributed by atoms with Gasteiger partial charge < -0.3 is 5.73 Å². The summed E-state index contributed by atoms with van der Waals surface area (Å²) in [4.78, 5) is 0. The molecule has 68 valence electrons. The highest BCUT2D eigenvalue weighted by Gasteiger charge is 2.29. The summed E-state index contributed by atoms with van der Waals surface area (Å²) in [6.07, 6.45) is 5.15. The van der Waals surface area contributed by atoms with Crippen LogP contribution >= 0.6 is 0 Å². The van der Waals surface area contributed by atoms with Crippen molar-refractivity contribution in [1.29, 1.82) is 0 Å². The van der Waals surface area contributed by atoms with Gasteiger partial charge in [0.25, 0.3) is 0 Å². The second-order valence-corrected chi connectivity index (χ2v) is 4.33. The quantitative estimate of drug-likeness (QED) is 0.693. The van der Waals surface area contributed by atoms with E-state index in [1.165, 1.54) is 24.8 Å². The molecule has 0 saturated heterocycles. The molecule has 1 saturated carbocycles. The Morgan fingerprint density at radius 2 is 1.85 bits per heavy atom. The third kappa shape index (κ3) is 1.11. The normalized spacial score (nSPS) is 26.1. The molecule has 1 unspecified atom stereocenters. The fourth-order valence-corrected chi connectivity index (χ4v) is 2.49. The van der Waals surface area contributed by atoms with Crippen LogP contribution in [0.2, 0.25) is 0 Å². The van der Waals surface area contributed by atoms with Gasteiger partial charge in [-0.25, -0.2) is 0 Å². The summed E-state index contributed by atoms with van der Waals surface area (Å²) in [5.41, 5.74) is 10.6. The molecule has 2 aliphatic carbocycles. The van der Waals surface area contributed by atoms with Crippen LogP contribution in [0.25, 0.3) is 0 Å². The summed E-state index contributed by atoms with van der Waals surface area (Å²) in [5, 5.41) is 0. The van der Waals surface area contributed by atoms with Crippen molar-refractivity contribution in [3.05, 3.63) is 34.9 Å². The van der Waals surface area contributed by atoms with Gasteiger partial charge in [0.15, 0.2) is 0 Å². The molecule has 1 atom stereocenters. The van der Waals surface area contributed by atoms with Crippen LogP contribution in [0.4, 0.5) is 0 Å². The highest BCUT2D eigenvalue weighted by Crippen LogP contribution is 2.45. The molecule has 0 amide bonds. The highest BCUT2D eigenvalue weighted by atomic mass is 14.6. The maximum absolute atomic E-state index is 6.04. The molecule has 2 N–H and O–H groups in total. The highest BCUT2D eigenvalue weighted by molar-refractivity contribution is 5.43. The summed E-state index contributed by atoms with van der Waals surface area (Å²) in [7, 11) is 0. The van der Waals surface area contributed by atoms with Crippen LogP contribution in [0.3, 0.4) is 0 Å². The second-order valence-electron chi connectivity index (χ2n) is 4.33. The molecule has 0 spiro atoms. The van der Waals surface area contributed by atoms with Gasteiger partial charge in [-0.3, -0.25) is 0 Å². The number of hydrogen-bond acceptors (Lipinski definition) is 1. The van der Waals surface area contributed by atoms with E-state index < -0.39 is 0 Å². The van der Waals surface area contributed by atoms with Gasteiger partial charge in [0.2, 0.25) is 0 Å². The van der Waals surface area contributed by atoms with Crippen molar-refractivity contribution in [2.45, 2.75) is 37.6 Å². The average molecular weight is 173 g/mol. The second kappa shape index (κ2) is 2.58. The molecule has 13 heavy (non-hydrogen) atoms. The molecule has 1 nitrogen and oxygen atoms in total. The minimum Gasteiger partial charge on any atom is -0.324 e. The fraction of sp³-hybridized carbons (Fsp3) is 0.500. The maximum atomic E-state index is 6.04. The predicted octanol–water partition coefficient (Wildman–Crippen LogP) is 2.51. The molecule has 0 heterocycles. The van der Waals surface area contributed by atoms with Crippen molar-refractivity contribution < 1.29 is 0 Å². The lowest BCUT2D eigenvalue weighted by atomic mass is 9.99. The zero-order valence-corrected chi connectivity index (χ0v) is 7.79. The number of hydrogen-bond donors (Lipinski definition) is 1. The standard InChI is InChI=1S/C12H15N/c13-12-7-6-10-9(8-4-5-8)2-1-3-11(10)12/h1-3,8,12H,4-7,13H2. The molecule has 1 fully saturated rings. The molecule has 0 radical (unpaired) electrons. The first-order chi connectivity index (χ1) is 6.36. The van der Waals surface area contributed by atoms with E-state index in [2.05, 4.69) is 18.2 Å². The summed E-state index contributed by atoms with van der Waals surface area (Å²) < 4.78 is 0. The Balaban J connectivity index is 2.11. The molecule has 0 aromatic heterocycles. The topological polar surface area (TPSA) is 26.0 Å². The molecular weight excluding hydrogens is 158 g/mol. The van der Waals surface area contributed by atoms with Gasteiger partial charge in [0.05, 0.1) is 0 Å². The van der Waals surface area contributed by atoms with E-state index in [-0.39, 0.29) is 0 Å². The SMILES string of the molecule is NC1CCc2c1cccc2C1CC1. The van der Waals surface area contributed by atoms with E-state index in [0.717, 1.165) is 12.3 Å².